The average molecular weight is 612 g/mol. The third-order valence-electron chi connectivity index (χ3n) is 3.97. The van der Waals surface area contributed by atoms with E-state index in [0.29, 0.717) is 20.3 Å². The standard InChI is InChI=1S/C13H10BrF2NO2S.C7H8BrNO2S/c1-20(18,19)9-3-5-12(10(14)7-9)17-13-4-2-8(15)6-11(13)16;1-12(10,11)5-2-3-7(9)6(8)4-5/h2-7,17H,1H3;2-4H,9H2,1H3. The molecular formula is C20H18Br2F2N2O4S2. The van der Waals surface area contributed by atoms with Crippen molar-refractivity contribution < 1.29 is 25.6 Å². The zero-order chi connectivity index (χ0) is 24.3. The second kappa shape index (κ2) is 10.3. The van der Waals surface area contributed by atoms with Crippen LogP contribution in [-0.2, 0) is 19.7 Å². The molecule has 0 spiro atoms. The second-order valence-corrected chi connectivity index (χ2v) is 12.4. The second-order valence-electron chi connectivity index (χ2n) is 6.62. The van der Waals surface area contributed by atoms with Gasteiger partial charge in [-0.25, -0.2) is 25.6 Å². The molecule has 0 bridgehead atoms. The molecule has 0 fully saturated rings. The predicted octanol–water partition coefficient (Wildman–Crippen LogP) is 5.31. The summed E-state index contributed by atoms with van der Waals surface area (Å²) < 4.78 is 72.3. The van der Waals surface area contributed by atoms with Crippen molar-refractivity contribution in [3.63, 3.8) is 0 Å². The van der Waals surface area contributed by atoms with Crippen LogP contribution in [0.3, 0.4) is 0 Å². The highest BCUT2D eigenvalue weighted by Crippen LogP contribution is 2.29. The molecule has 0 unspecified atom stereocenters. The number of rotatable bonds is 4. The van der Waals surface area contributed by atoms with Crippen LogP contribution in [0.2, 0.25) is 0 Å². The number of halogens is 4. The molecule has 0 radical (unpaired) electrons. The van der Waals surface area contributed by atoms with Gasteiger partial charge < -0.3 is 11.1 Å². The first kappa shape index (κ1) is 26.2. The Morgan fingerprint density at radius 1 is 0.750 bits per heavy atom. The number of benzene rings is 3. The minimum atomic E-state index is -3.31. The van der Waals surface area contributed by atoms with Gasteiger partial charge in [0.1, 0.15) is 11.6 Å². The fourth-order valence-corrected chi connectivity index (χ4v) is 4.76. The Labute approximate surface area is 201 Å². The number of hydrogen-bond donors (Lipinski definition) is 2. The highest BCUT2D eigenvalue weighted by molar-refractivity contribution is 9.11. The lowest BCUT2D eigenvalue weighted by atomic mass is 10.2. The fraction of sp³-hybridized carbons (Fsp3) is 0.100. The zero-order valence-corrected chi connectivity index (χ0v) is 21.5. The summed E-state index contributed by atoms with van der Waals surface area (Å²) in [6.07, 6.45) is 2.26. The molecule has 3 N–H and O–H groups in total. The van der Waals surface area contributed by atoms with E-state index in [1.54, 1.807) is 6.07 Å². The summed E-state index contributed by atoms with van der Waals surface area (Å²) in [4.78, 5) is 0.415. The van der Waals surface area contributed by atoms with E-state index in [2.05, 4.69) is 37.2 Å². The summed E-state index contributed by atoms with van der Waals surface area (Å²) >= 11 is 6.36. The monoisotopic (exact) mass is 610 g/mol. The van der Waals surface area contributed by atoms with E-state index < -0.39 is 31.3 Å². The van der Waals surface area contributed by atoms with Crippen molar-refractivity contribution in [2.45, 2.75) is 9.79 Å². The minimum Gasteiger partial charge on any atom is -0.398 e. The van der Waals surface area contributed by atoms with Gasteiger partial charge in [0.15, 0.2) is 19.7 Å². The van der Waals surface area contributed by atoms with Crippen molar-refractivity contribution in [3.8, 4) is 0 Å². The van der Waals surface area contributed by atoms with Crippen LogP contribution in [0.15, 0.2) is 73.3 Å². The van der Waals surface area contributed by atoms with Crippen LogP contribution in [0.4, 0.5) is 25.8 Å². The maximum atomic E-state index is 13.5. The SMILES string of the molecule is CS(=O)(=O)c1ccc(N)c(Br)c1.CS(=O)(=O)c1ccc(Nc2ccc(F)cc2F)c(Br)c1. The van der Waals surface area contributed by atoms with E-state index in [1.807, 2.05) is 0 Å². The van der Waals surface area contributed by atoms with Crippen LogP contribution in [0.1, 0.15) is 0 Å². The van der Waals surface area contributed by atoms with Gasteiger partial charge in [0.2, 0.25) is 0 Å². The van der Waals surface area contributed by atoms with E-state index in [-0.39, 0.29) is 15.5 Å². The molecule has 0 saturated heterocycles. The topological polar surface area (TPSA) is 106 Å². The molecule has 0 aromatic heterocycles. The lowest BCUT2D eigenvalue weighted by Gasteiger charge is -2.10. The van der Waals surface area contributed by atoms with E-state index in [1.165, 1.54) is 36.4 Å². The highest BCUT2D eigenvalue weighted by Gasteiger charge is 2.11. The van der Waals surface area contributed by atoms with Crippen LogP contribution in [0.5, 0.6) is 0 Å². The lowest BCUT2D eigenvalue weighted by molar-refractivity contribution is 0.586. The summed E-state index contributed by atoms with van der Waals surface area (Å²) in [7, 11) is -6.44. The normalized spacial score (nSPS) is 11.4. The summed E-state index contributed by atoms with van der Waals surface area (Å²) in [6.45, 7) is 0. The van der Waals surface area contributed by atoms with Crippen LogP contribution in [0, 0.1) is 11.6 Å². The number of hydrogen-bond acceptors (Lipinski definition) is 6. The van der Waals surface area contributed by atoms with E-state index >= 15 is 0 Å². The van der Waals surface area contributed by atoms with Gasteiger partial charge in [-0.15, -0.1) is 0 Å². The third-order valence-corrected chi connectivity index (χ3v) is 7.53. The maximum absolute atomic E-state index is 13.5. The summed E-state index contributed by atoms with van der Waals surface area (Å²) in [5, 5.41) is 2.76. The van der Waals surface area contributed by atoms with Crippen molar-refractivity contribution in [1.29, 1.82) is 0 Å². The van der Waals surface area contributed by atoms with Gasteiger partial charge in [0, 0.05) is 33.2 Å². The van der Waals surface area contributed by atoms with Gasteiger partial charge in [-0.1, -0.05) is 0 Å². The van der Waals surface area contributed by atoms with E-state index in [4.69, 9.17) is 5.73 Å². The first-order valence-corrected chi connectivity index (χ1v) is 14.0. The largest absolute Gasteiger partial charge is 0.398 e. The summed E-state index contributed by atoms with van der Waals surface area (Å²) in [5.41, 5.74) is 6.59. The number of anilines is 3. The van der Waals surface area contributed by atoms with Gasteiger partial charge in [-0.05, 0) is 80.4 Å². The first-order chi connectivity index (χ1) is 14.7. The molecule has 0 atom stereocenters. The van der Waals surface area contributed by atoms with Crippen LogP contribution in [0.25, 0.3) is 0 Å². The number of nitrogen functional groups attached to an aromatic ring is 1. The molecule has 0 aliphatic heterocycles. The molecule has 3 aromatic rings. The van der Waals surface area contributed by atoms with E-state index in [9.17, 15) is 25.6 Å². The lowest BCUT2D eigenvalue weighted by Crippen LogP contribution is -1.99. The molecule has 0 aliphatic carbocycles. The first-order valence-electron chi connectivity index (χ1n) is 8.65. The molecular weight excluding hydrogens is 594 g/mol. The maximum Gasteiger partial charge on any atom is 0.175 e. The predicted molar refractivity (Wildman–Crippen MR) is 129 cm³/mol. The fourth-order valence-electron chi connectivity index (χ4n) is 2.30. The third kappa shape index (κ3) is 7.26. The molecule has 0 aliphatic rings. The number of nitrogens with one attached hydrogen (secondary N) is 1. The Hall–Kier alpha value is -2.02. The van der Waals surface area contributed by atoms with Crippen LogP contribution in [-0.4, -0.2) is 29.3 Å². The van der Waals surface area contributed by atoms with Crippen molar-refractivity contribution in [3.05, 3.63) is 75.2 Å². The van der Waals surface area contributed by atoms with Gasteiger partial charge >= 0.3 is 0 Å². The Kier molecular flexibility index (Phi) is 8.43. The Morgan fingerprint density at radius 2 is 1.25 bits per heavy atom. The Balaban J connectivity index is 0.000000258. The van der Waals surface area contributed by atoms with E-state index in [0.717, 1.165) is 24.6 Å². The van der Waals surface area contributed by atoms with Crippen molar-refractivity contribution >= 4 is 68.6 Å². The Morgan fingerprint density at radius 3 is 1.72 bits per heavy atom. The molecule has 6 nitrogen and oxygen atoms in total. The highest BCUT2D eigenvalue weighted by atomic mass is 79.9. The quantitative estimate of drug-likeness (QED) is 0.387. The smallest absolute Gasteiger partial charge is 0.175 e. The van der Waals surface area contributed by atoms with Crippen molar-refractivity contribution in [2.24, 2.45) is 0 Å². The van der Waals surface area contributed by atoms with Crippen molar-refractivity contribution in [1.82, 2.24) is 0 Å². The van der Waals surface area contributed by atoms with Crippen LogP contribution < -0.4 is 11.1 Å². The number of nitrogens with two attached hydrogens (primary N) is 1. The van der Waals surface area contributed by atoms with Gasteiger partial charge in [-0.3, -0.25) is 0 Å². The summed E-state index contributed by atoms with van der Waals surface area (Å²) in [5.74, 6) is -1.40. The van der Waals surface area contributed by atoms with Gasteiger partial charge in [0.25, 0.3) is 0 Å². The van der Waals surface area contributed by atoms with Gasteiger partial charge in [-0.2, -0.15) is 0 Å². The molecule has 3 rings (SSSR count). The molecule has 0 heterocycles. The van der Waals surface area contributed by atoms with Crippen molar-refractivity contribution in [2.75, 3.05) is 23.6 Å². The molecule has 172 valence electrons. The zero-order valence-electron chi connectivity index (χ0n) is 16.7. The molecule has 32 heavy (non-hydrogen) atoms. The van der Waals surface area contributed by atoms with Crippen LogP contribution >= 0.6 is 31.9 Å². The summed E-state index contributed by atoms with van der Waals surface area (Å²) in [6, 6.07) is 12.0. The number of sulfone groups is 2. The average Bonchev–Trinajstić information content (AvgIpc) is 2.66. The minimum absolute atomic E-state index is 0.0965. The molecule has 0 saturated carbocycles. The molecule has 0 amide bonds. The Bertz CT molecular complexity index is 1370. The molecule has 3 aromatic carbocycles. The van der Waals surface area contributed by atoms with Gasteiger partial charge in [0.05, 0.1) is 21.2 Å². The molecule has 12 heteroatoms.